The average molecular weight is 473 g/mol. The molecule has 0 heterocycles. The van der Waals surface area contributed by atoms with Gasteiger partial charge in [-0.1, -0.05) is 73.1 Å². The smallest absolute Gasteiger partial charge is 0.242 e. The zero-order valence-corrected chi connectivity index (χ0v) is 20.0. The van der Waals surface area contributed by atoms with Crippen LogP contribution in [0, 0.1) is 0 Å². The van der Waals surface area contributed by atoms with E-state index >= 15 is 0 Å². The topological polar surface area (TPSA) is 49.4 Å². The minimum atomic E-state index is -0.518. The summed E-state index contributed by atoms with van der Waals surface area (Å²) < 4.78 is 0.989. The molecule has 0 saturated heterocycles. The number of benzene rings is 2. The van der Waals surface area contributed by atoms with Crippen LogP contribution in [0.4, 0.5) is 0 Å². The van der Waals surface area contributed by atoms with Gasteiger partial charge < -0.3 is 10.2 Å². The van der Waals surface area contributed by atoms with Crippen LogP contribution in [0.25, 0.3) is 0 Å². The van der Waals surface area contributed by atoms with E-state index in [1.807, 2.05) is 31.2 Å². The number of nitrogens with one attached hydrogen (secondary N) is 1. The normalized spacial score (nSPS) is 11.9. The van der Waals surface area contributed by atoms with Gasteiger partial charge in [-0.25, -0.2) is 0 Å². The number of rotatable bonds is 10. The summed E-state index contributed by atoms with van der Waals surface area (Å²) in [5.41, 5.74) is 3.44. The first-order valence-corrected chi connectivity index (χ1v) is 11.5. The third-order valence-electron chi connectivity index (χ3n) is 5.26. The molecule has 2 amide bonds. The fourth-order valence-corrected chi connectivity index (χ4v) is 3.49. The molecule has 2 rings (SSSR count). The standard InChI is InChI=1S/C25H33BrN2O2/c1-5-16-27-25(30)19(4)28(17-21-8-13-23(26)14-9-21)24(29)15-10-20-6-11-22(12-7-20)18(2)3/h6-9,11-14,18-19H,5,10,15-17H2,1-4H3,(H,27,30)/t19-/m0/s1. The molecule has 0 aromatic heterocycles. The summed E-state index contributed by atoms with van der Waals surface area (Å²) in [5, 5.41) is 2.91. The summed E-state index contributed by atoms with van der Waals surface area (Å²) in [6, 6.07) is 15.8. The fraction of sp³-hybridized carbons (Fsp3) is 0.440. The van der Waals surface area contributed by atoms with Crippen LogP contribution in [0.3, 0.4) is 0 Å². The van der Waals surface area contributed by atoms with Crippen molar-refractivity contribution in [3.05, 3.63) is 69.7 Å². The van der Waals surface area contributed by atoms with E-state index in [9.17, 15) is 9.59 Å². The molecule has 0 saturated carbocycles. The molecule has 1 atom stereocenters. The lowest BCUT2D eigenvalue weighted by Gasteiger charge is -2.29. The third-order valence-corrected chi connectivity index (χ3v) is 5.79. The van der Waals surface area contributed by atoms with Crippen LogP contribution >= 0.6 is 15.9 Å². The van der Waals surface area contributed by atoms with Gasteiger partial charge in [-0.3, -0.25) is 9.59 Å². The lowest BCUT2D eigenvalue weighted by atomic mass is 10.00. The Bertz CT molecular complexity index is 816. The predicted molar refractivity (Wildman–Crippen MR) is 126 cm³/mol. The number of carbonyl (C=O) groups is 2. The van der Waals surface area contributed by atoms with Gasteiger partial charge in [-0.2, -0.15) is 0 Å². The lowest BCUT2D eigenvalue weighted by molar-refractivity contribution is -0.140. The Morgan fingerprint density at radius 1 is 0.967 bits per heavy atom. The Morgan fingerprint density at radius 2 is 1.57 bits per heavy atom. The molecular formula is C25H33BrN2O2. The molecule has 0 unspecified atom stereocenters. The van der Waals surface area contributed by atoms with Crippen LogP contribution in [-0.4, -0.2) is 29.3 Å². The second-order valence-electron chi connectivity index (χ2n) is 8.01. The maximum Gasteiger partial charge on any atom is 0.242 e. The van der Waals surface area contributed by atoms with Crippen LogP contribution in [-0.2, 0) is 22.6 Å². The highest BCUT2D eigenvalue weighted by Gasteiger charge is 2.25. The molecule has 0 bridgehead atoms. The van der Waals surface area contributed by atoms with Gasteiger partial charge in [-0.15, -0.1) is 0 Å². The number of carbonyl (C=O) groups excluding carboxylic acids is 2. The molecule has 30 heavy (non-hydrogen) atoms. The van der Waals surface area contributed by atoms with Gasteiger partial charge in [0.1, 0.15) is 6.04 Å². The number of amides is 2. The summed E-state index contributed by atoms with van der Waals surface area (Å²) in [6.07, 6.45) is 1.91. The summed E-state index contributed by atoms with van der Waals surface area (Å²) >= 11 is 3.44. The molecule has 0 aliphatic heterocycles. The SMILES string of the molecule is CCCNC(=O)[C@H](C)N(Cc1ccc(Br)cc1)C(=O)CCc1ccc(C(C)C)cc1. The maximum atomic E-state index is 13.1. The van der Waals surface area contributed by atoms with Crippen molar-refractivity contribution in [2.24, 2.45) is 0 Å². The maximum absolute atomic E-state index is 13.1. The minimum absolute atomic E-state index is 0.00926. The predicted octanol–water partition coefficient (Wildman–Crippen LogP) is 5.45. The van der Waals surface area contributed by atoms with Gasteiger partial charge in [0.05, 0.1) is 0 Å². The monoisotopic (exact) mass is 472 g/mol. The van der Waals surface area contributed by atoms with Crippen molar-refractivity contribution < 1.29 is 9.59 Å². The molecule has 0 aliphatic carbocycles. The van der Waals surface area contributed by atoms with Crippen molar-refractivity contribution in [2.45, 2.75) is 65.5 Å². The molecular weight excluding hydrogens is 440 g/mol. The summed E-state index contributed by atoms with van der Waals surface area (Å²) in [6.45, 7) is 9.19. The molecule has 162 valence electrons. The van der Waals surface area contributed by atoms with E-state index in [2.05, 4.69) is 59.4 Å². The Kier molecular flexibility index (Phi) is 9.57. The average Bonchev–Trinajstić information content (AvgIpc) is 2.75. The molecule has 0 radical (unpaired) electrons. The first-order chi connectivity index (χ1) is 14.3. The summed E-state index contributed by atoms with van der Waals surface area (Å²) in [5.74, 6) is 0.373. The quantitative estimate of drug-likeness (QED) is 0.499. The highest BCUT2D eigenvalue weighted by atomic mass is 79.9. The summed E-state index contributed by atoms with van der Waals surface area (Å²) in [4.78, 5) is 27.4. The zero-order chi connectivity index (χ0) is 22.1. The van der Waals surface area contributed by atoms with Gasteiger partial charge in [0.15, 0.2) is 0 Å². The zero-order valence-electron chi connectivity index (χ0n) is 18.5. The Hall–Kier alpha value is -2.14. The van der Waals surface area contributed by atoms with Gasteiger partial charge in [-0.05, 0) is 54.5 Å². The number of hydrogen-bond donors (Lipinski definition) is 1. The molecule has 4 nitrogen and oxygen atoms in total. The van der Waals surface area contributed by atoms with Crippen LogP contribution in [0.15, 0.2) is 53.0 Å². The first kappa shape index (κ1) is 24.1. The number of halogens is 1. The highest BCUT2D eigenvalue weighted by Crippen LogP contribution is 2.18. The van der Waals surface area contributed by atoms with Gasteiger partial charge in [0, 0.05) is 24.0 Å². The van der Waals surface area contributed by atoms with E-state index in [-0.39, 0.29) is 11.8 Å². The van der Waals surface area contributed by atoms with Gasteiger partial charge in [0.25, 0.3) is 0 Å². The Labute approximate surface area is 189 Å². The molecule has 0 spiro atoms. The second-order valence-corrected chi connectivity index (χ2v) is 8.93. The van der Waals surface area contributed by atoms with Crippen molar-refractivity contribution in [3.63, 3.8) is 0 Å². The molecule has 5 heteroatoms. The van der Waals surface area contributed by atoms with E-state index in [4.69, 9.17) is 0 Å². The molecule has 0 fully saturated rings. The van der Waals surface area contributed by atoms with E-state index in [1.54, 1.807) is 11.8 Å². The van der Waals surface area contributed by atoms with E-state index in [0.717, 1.165) is 22.0 Å². The molecule has 2 aromatic rings. The van der Waals surface area contributed by atoms with Crippen molar-refractivity contribution in [2.75, 3.05) is 6.54 Å². The van der Waals surface area contributed by atoms with E-state index in [1.165, 1.54) is 5.56 Å². The Morgan fingerprint density at radius 3 is 2.13 bits per heavy atom. The van der Waals surface area contributed by atoms with Crippen molar-refractivity contribution >= 4 is 27.7 Å². The fourth-order valence-electron chi connectivity index (χ4n) is 3.23. The van der Waals surface area contributed by atoms with Gasteiger partial charge in [0.2, 0.25) is 11.8 Å². The lowest BCUT2D eigenvalue weighted by Crippen LogP contribution is -2.47. The number of nitrogens with zero attached hydrogens (tertiary/aromatic N) is 1. The minimum Gasteiger partial charge on any atom is -0.354 e. The van der Waals surface area contributed by atoms with Crippen LogP contribution < -0.4 is 5.32 Å². The summed E-state index contributed by atoms with van der Waals surface area (Å²) in [7, 11) is 0. The number of hydrogen-bond acceptors (Lipinski definition) is 2. The second kappa shape index (κ2) is 11.9. The van der Waals surface area contributed by atoms with Crippen LogP contribution in [0.2, 0.25) is 0 Å². The van der Waals surface area contributed by atoms with Crippen molar-refractivity contribution in [1.29, 1.82) is 0 Å². The van der Waals surface area contributed by atoms with E-state index < -0.39 is 6.04 Å². The van der Waals surface area contributed by atoms with Crippen molar-refractivity contribution in [3.8, 4) is 0 Å². The first-order valence-electron chi connectivity index (χ1n) is 10.7. The molecule has 0 aliphatic rings. The largest absolute Gasteiger partial charge is 0.354 e. The van der Waals surface area contributed by atoms with Crippen LogP contribution in [0.5, 0.6) is 0 Å². The van der Waals surface area contributed by atoms with Crippen molar-refractivity contribution in [1.82, 2.24) is 10.2 Å². The molecule has 1 N–H and O–H groups in total. The Balaban J connectivity index is 2.09. The van der Waals surface area contributed by atoms with E-state index in [0.29, 0.717) is 31.8 Å². The number of aryl methyl sites for hydroxylation is 1. The highest BCUT2D eigenvalue weighted by molar-refractivity contribution is 9.10. The van der Waals surface area contributed by atoms with Crippen LogP contribution in [0.1, 0.15) is 63.1 Å². The molecule has 2 aromatic carbocycles. The third kappa shape index (κ3) is 7.28. The van der Waals surface area contributed by atoms with Gasteiger partial charge >= 0.3 is 0 Å².